The molecule has 0 aliphatic carbocycles. The molecule has 25 heteroatoms. The van der Waals surface area contributed by atoms with Crippen LogP contribution in [0.25, 0.3) is 0 Å². The van der Waals surface area contributed by atoms with Gasteiger partial charge in [-0.2, -0.15) is 28.6 Å². The third kappa shape index (κ3) is 11.8. The molecule has 5 N–H and O–H groups in total. The molecule has 0 radical (unpaired) electrons. The first-order chi connectivity index (χ1) is 26.7. The molecule has 20 nitrogen and oxygen atoms in total. The molecule has 57 heavy (non-hydrogen) atoms. The van der Waals surface area contributed by atoms with Gasteiger partial charge in [-0.3, -0.25) is 4.55 Å². The summed E-state index contributed by atoms with van der Waals surface area (Å²) in [4.78, 5) is 15.9. The second kappa shape index (κ2) is 18.0. The number of nitriles is 1. The van der Waals surface area contributed by atoms with Gasteiger partial charge in [0.05, 0.1) is 22.0 Å². The predicted octanol–water partition coefficient (Wildman–Crippen LogP) is 5.11. The number of azo groups is 1. The Hall–Kier alpha value is -5.84. The van der Waals surface area contributed by atoms with Gasteiger partial charge in [0.25, 0.3) is 10.1 Å². The Morgan fingerprint density at radius 1 is 0.772 bits per heavy atom. The standard InChI is InChI=1S/C32H32ClN11O9S4/c1-5-54(45,46)16-14-35-28-24(19-34)20(4)27(29(39-28)36-15-17-55(47,48)6-2)44-43-25-18-22(10-13-26(25)57(51,52)53)38-32-41-30(33)40-31(42-32)37-21-8-11-23(12-9-21)56(49,50)7-3/h5-13,18H,1-3,14-17H2,4H3,(H2,35,36,39)(H,51,52,53)(H2,37,38,40,41,42). The van der Waals surface area contributed by atoms with Gasteiger partial charge in [-0.05, 0) is 61.0 Å². The molecule has 300 valence electrons. The molecule has 0 saturated heterocycles. The number of anilines is 6. The summed E-state index contributed by atoms with van der Waals surface area (Å²) in [5.41, 5.74) is -0.0380. The Bertz CT molecular complexity index is 2760. The molecule has 0 aliphatic rings. The van der Waals surface area contributed by atoms with Crippen LogP contribution < -0.4 is 21.3 Å². The highest BCUT2D eigenvalue weighted by Gasteiger charge is 2.21. The summed E-state index contributed by atoms with van der Waals surface area (Å²) in [5, 5.41) is 31.5. The fraction of sp³-hybridized carbons (Fsp3) is 0.156. The number of nitrogens with zero attached hydrogens (tertiary/aromatic N) is 7. The summed E-state index contributed by atoms with van der Waals surface area (Å²) < 4.78 is 107. The first-order valence-corrected chi connectivity index (χ1v) is 22.6. The van der Waals surface area contributed by atoms with Gasteiger partial charge in [0, 0.05) is 46.3 Å². The van der Waals surface area contributed by atoms with E-state index in [4.69, 9.17) is 11.6 Å². The minimum Gasteiger partial charge on any atom is -0.368 e. The number of hydrogen-bond donors (Lipinski definition) is 5. The van der Waals surface area contributed by atoms with Gasteiger partial charge in [0.15, 0.2) is 35.3 Å². The quantitative estimate of drug-likeness (QED) is 0.0604. The molecule has 0 saturated carbocycles. The molecular formula is C32H32ClN11O9S4. The second-order valence-electron chi connectivity index (χ2n) is 11.3. The summed E-state index contributed by atoms with van der Waals surface area (Å²) in [6, 6.07) is 10.9. The van der Waals surface area contributed by atoms with Crippen molar-refractivity contribution in [3.63, 3.8) is 0 Å². The van der Waals surface area contributed by atoms with Crippen LogP contribution in [0, 0.1) is 18.3 Å². The van der Waals surface area contributed by atoms with E-state index in [0.29, 0.717) is 5.69 Å². The third-order valence-corrected chi connectivity index (χ3v) is 12.4. The molecule has 0 unspecified atom stereocenters. The van der Waals surface area contributed by atoms with E-state index < -0.39 is 56.0 Å². The van der Waals surface area contributed by atoms with Crippen molar-refractivity contribution >= 4 is 97.5 Å². The van der Waals surface area contributed by atoms with Crippen molar-refractivity contribution in [2.75, 3.05) is 45.9 Å². The predicted molar refractivity (Wildman–Crippen MR) is 214 cm³/mol. The molecule has 2 aromatic heterocycles. The minimum atomic E-state index is -4.91. The molecule has 0 bridgehead atoms. The number of sulfone groups is 3. The van der Waals surface area contributed by atoms with Gasteiger partial charge in [-0.15, -0.1) is 10.2 Å². The summed E-state index contributed by atoms with van der Waals surface area (Å²) in [5.74, 6) is -1.23. The minimum absolute atomic E-state index is 0.00668. The summed E-state index contributed by atoms with van der Waals surface area (Å²) >= 11 is 6.12. The maximum atomic E-state index is 12.4. The largest absolute Gasteiger partial charge is 0.368 e. The maximum absolute atomic E-state index is 12.4. The second-order valence-corrected chi connectivity index (χ2v) is 19.0. The monoisotopic (exact) mass is 877 g/mol. The lowest BCUT2D eigenvalue weighted by Crippen LogP contribution is -2.17. The van der Waals surface area contributed by atoms with Crippen LogP contribution in [0.2, 0.25) is 5.28 Å². The maximum Gasteiger partial charge on any atom is 0.296 e. The Labute approximate surface area is 333 Å². The molecule has 0 spiro atoms. The molecule has 0 aliphatic heterocycles. The van der Waals surface area contributed by atoms with E-state index in [1.54, 1.807) is 0 Å². The van der Waals surface area contributed by atoms with Crippen molar-refractivity contribution in [3.05, 3.63) is 94.8 Å². The number of halogens is 1. The Kier molecular flexibility index (Phi) is 13.8. The van der Waals surface area contributed by atoms with Crippen molar-refractivity contribution in [2.45, 2.75) is 16.7 Å². The van der Waals surface area contributed by atoms with Crippen LogP contribution in [0.5, 0.6) is 0 Å². The number of nitrogens with one attached hydrogen (secondary N) is 4. The third-order valence-electron chi connectivity index (χ3n) is 7.41. The molecule has 2 aromatic carbocycles. The first kappa shape index (κ1) is 43.9. The number of aromatic nitrogens is 4. The fourth-order valence-corrected chi connectivity index (χ4v) is 7.11. The van der Waals surface area contributed by atoms with Crippen LogP contribution in [0.1, 0.15) is 11.1 Å². The summed E-state index contributed by atoms with van der Waals surface area (Å²) in [6.07, 6.45) is 0. The van der Waals surface area contributed by atoms with Crippen molar-refractivity contribution in [3.8, 4) is 6.07 Å². The van der Waals surface area contributed by atoms with Crippen LogP contribution in [-0.2, 0) is 39.6 Å². The smallest absolute Gasteiger partial charge is 0.296 e. The van der Waals surface area contributed by atoms with Gasteiger partial charge in [-0.25, -0.2) is 30.2 Å². The summed E-state index contributed by atoms with van der Waals surface area (Å²) in [6.45, 7) is 10.8. The Morgan fingerprint density at radius 2 is 1.32 bits per heavy atom. The topological polar surface area (TPSA) is 305 Å². The highest BCUT2D eigenvalue weighted by atomic mass is 35.5. The van der Waals surface area contributed by atoms with Crippen molar-refractivity contribution in [1.82, 2.24) is 19.9 Å². The Balaban J connectivity index is 1.72. The molecule has 4 aromatic rings. The van der Waals surface area contributed by atoms with Crippen molar-refractivity contribution in [1.29, 1.82) is 5.26 Å². The van der Waals surface area contributed by atoms with Crippen LogP contribution in [0.3, 0.4) is 0 Å². The van der Waals surface area contributed by atoms with E-state index in [1.807, 2.05) is 6.07 Å². The number of rotatable bonds is 19. The number of pyridine rings is 1. The van der Waals surface area contributed by atoms with Crippen LogP contribution in [0.15, 0.2) is 98.4 Å². The fourth-order valence-electron chi connectivity index (χ4n) is 4.53. The van der Waals surface area contributed by atoms with Gasteiger partial charge in [0.1, 0.15) is 28.2 Å². The lowest BCUT2D eigenvalue weighted by molar-refractivity contribution is 0.483. The van der Waals surface area contributed by atoms with Crippen LogP contribution in [0.4, 0.5) is 46.3 Å². The van der Waals surface area contributed by atoms with E-state index in [0.717, 1.165) is 28.4 Å². The molecule has 0 fully saturated rings. The zero-order valence-corrected chi connectivity index (χ0v) is 33.6. The zero-order valence-electron chi connectivity index (χ0n) is 29.6. The van der Waals surface area contributed by atoms with Gasteiger partial charge in [0.2, 0.25) is 17.2 Å². The molecule has 0 atom stereocenters. The van der Waals surface area contributed by atoms with Crippen molar-refractivity contribution < 1.29 is 38.2 Å². The highest BCUT2D eigenvalue weighted by molar-refractivity contribution is 7.94. The molecular weight excluding hydrogens is 846 g/mol. The van der Waals surface area contributed by atoms with Gasteiger partial charge in [-0.1, -0.05) is 19.7 Å². The zero-order chi connectivity index (χ0) is 42.2. The lowest BCUT2D eigenvalue weighted by atomic mass is 10.1. The van der Waals surface area contributed by atoms with E-state index in [1.165, 1.54) is 37.3 Å². The number of hydrogen-bond acceptors (Lipinski definition) is 19. The average Bonchev–Trinajstić information content (AvgIpc) is 3.14. The van der Waals surface area contributed by atoms with E-state index in [-0.39, 0.29) is 75.1 Å². The lowest BCUT2D eigenvalue weighted by Gasteiger charge is -2.15. The normalized spacial score (nSPS) is 12.0. The SMILES string of the molecule is C=CS(=O)(=O)CCNc1nc(NCCS(=O)(=O)C=C)c(N=Nc2cc(Nc3nc(Cl)nc(Nc4ccc(S(=O)(=O)C=C)cc4)n3)ccc2S(=O)(=O)O)c(C)c1C#N. The van der Waals surface area contributed by atoms with E-state index in [2.05, 4.69) is 71.2 Å². The number of benzene rings is 2. The summed E-state index contributed by atoms with van der Waals surface area (Å²) in [7, 11) is -15.9. The van der Waals surface area contributed by atoms with E-state index in [9.17, 15) is 43.5 Å². The van der Waals surface area contributed by atoms with Crippen LogP contribution in [-0.4, -0.2) is 82.8 Å². The molecule has 2 heterocycles. The van der Waals surface area contributed by atoms with Gasteiger partial charge >= 0.3 is 0 Å². The van der Waals surface area contributed by atoms with E-state index >= 15 is 0 Å². The average molecular weight is 878 g/mol. The Morgan fingerprint density at radius 3 is 1.84 bits per heavy atom. The van der Waals surface area contributed by atoms with Crippen molar-refractivity contribution in [2.24, 2.45) is 10.2 Å². The van der Waals surface area contributed by atoms with Gasteiger partial charge < -0.3 is 21.3 Å². The first-order valence-electron chi connectivity index (χ1n) is 15.8. The van der Waals surface area contributed by atoms with Crippen LogP contribution >= 0.6 is 11.6 Å². The highest BCUT2D eigenvalue weighted by Crippen LogP contribution is 2.37. The molecule has 0 amide bonds. The molecule has 4 rings (SSSR count).